The molecule has 4 nitrogen and oxygen atoms in total. The van der Waals surface area contributed by atoms with E-state index in [1.54, 1.807) is 13.0 Å². The van der Waals surface area contributed by atoms with Crippen molar-refractivity contribution in [1.29, 1.82) is 0 Å². The van der Waals surface area contributed by atoms with Gasteiger partial charge in [0, 0.05) is 12.5 Å². The van der Waals surface area contributed by atoms with E-state index in [0.717, 1.165) is 6.42 Å². The van der Waals surface area contributed by atoms with Gasteiger partial charge >= 0.3 is 11.9 Å². The molecule has 0 bridgehead atoms. The molecule has 0 spiro atoms. The summed E-state index contributed by atoms with van der Waals surface area (Å²) >= 11 is 0. The first kappa shape index (κ1) is 13.7. The summed E-state index contributed by atoms with van der Waals surface area (Å²) in [5, 5.41) is 0. The highest BCUT2D eigenvalue weighted by Gasteiger charge is 1.99. The molecule has 0 aliphatic carbocycles. The van der Waals surface area contributed by atoms with Crippen LogP contribution < -0.4 is 0 Å². The van der Waals surface area contributed by atoms with Crippen LogP contribution >= 0.6 is 0 Å². The average Bonchev–Trinajstić information content (AvgIpc) is 2.22. The van der Waals surface area contributed by atoms with Crippen LogP contribution in [-0.2, 0) is 19.1 Å². The maximum Gasteiger partial charge on any atom is 0.330 e. The largest absolute Gasteiger partial charge is 0.466 e. The summed E-state index contributed by atoms with van der Waals surface area (Å²) in [6.45, 7) is 4.50. The molecular weight excluding hydrogens is 196 g/mol. The first-order valence-electron chi connectivity index (χ1n) is 5.19. The van der Waals surface area contributed by atoms with E-state index in [1.165, 1.54) is 6.08 Å². The lowest BCUT2D eigenvalue weighted by Gasteiger charge is -2.00. The molecule has 0 saturated heterocycles. The smallest absolute Gasteiger partial charge is 0.330 e. The lowest BCUT2D eigenvalue weighted by Crippen LogP contribution is -2.04. The van der Waals surface area contributed by atoms with Crippen LogP contribution in [0.4, 0.5) is 0 Å². The predicted molar refractivity (Wildman–Crippen MR) is 56.3 cm³/mol. The van der Waals surface area contributed by atoms with Crippen molar-refractivity contribution in [3.8, 4) is 0 Å². The summed E-state index contributed by atoms with van der Waals surface area (Å²) in [5.41, 5.74) is 0. The average molecular weight is 214 g/mol. The van der Waals surface area contributed by atoms with Gasteiger partial charge in [0.1, 0.15) is 0 Å². The fourth-order valence-corrected chi connectivity index (χ4v) is 0.859. The van der Waals surface area contributed by atoms with Crippen LogP contribution in [0.1, 0.15) is 33.1 Å². The highest BCUT2D eigenvalue weighted by Crippen LogP contribution is 1.96. The highest BCUT2D eigenvalue weighted by atomic mass is 16.5. The van der Waals surface area contributed by atoms with Crippen LogP contribution in [0.5, 0.6) is 0 Å². The van der Waals surface area contributed by atoms with Crippen LogP contribution in [0, 0.1) is 0 Å². The zero-order valence-corrected chi connectivity index (χ0v) is 9.32. The summed E-state index contributed by atoms with van der Waals surface area (Å²) in [6, 6.07) is 0. The Kier molecular flexibility index (Phi) is 8.43. The lowest BCUT2D eigenvalue weighted by molar-refractivity contribution is -0.143. The van der Waals surface area contributed by atoms with Crippen LogP contribution in [0.2, 0.25) is 0 Å². The number of carbonyl (C=O) groups excluding carboxylic acids is 2. The van der Waals surface area contributed by atoms with Gasteiger partial charge in [0.15, 0.2) is 0 Å². The Morgan fingerprint density at radius 1 is 1.20 bits per heavy atom. The predicted octanol–water partition coefficient (Wildman–Crippen LogP) is 1.84. The third kappa shape index (κ3) is 9.00. The molecule has 0 saturated carbocycles. The Labute approximate surface area is 90.2 Å². The van der Waals surface area contributed by atoms with Crippen molar-refractivity contribution in [1.82, 2.24) is 0 Å². The fourth-order valence-electron chi connectivity index (χ4n) is 0.859. The third-order valence-corrected chi connectivity index (χ3v) is 1.52. The maximum atomic E-state index is 11.0. The Morgan fingerprint density at radius 3 is 2.53 bits per heavy atom. The van der Waals surface area contributed by atoms with Gasteiger partial charge in [0.05, 0.1) is 13.2 Å². The zero-order valence-electron chi connectivity index (χ0n) is 9.32. The molecule has 0 amide bonds. The molecule has 0 aliphatic rings. The van der Waals surface area contributed by atoms with E-state index in [1.807, 2.05) is 6.92 Å². The van der Waals surface area contributed by atoms with E-state index in [2.05, 4.69) is 4.74 Å². The van der Waals surface area contributed by atoms with Crippen molar-refractivity contribution in [3.05, 3.63) is 12.2 Å². The normalized spacial score (nSPS) is 10.3. The molecule has 0 heterocycles. The molecule has 0 aromatic carbocycles. The number of hydrogen-bond donors (Lipinski definition) is 0. The summed E-state index contributed by atoms with van der Waals surface area (Å²) in [7, 11) is 0. The van der Waals surface area contributed by atoms with Crippen molar-refractivity contribution in [2.24, 2.45) is 0 Å². The molecule has 0 N–H and O–H groups in total. The molecule has 15 heavy (non-hydrogen) atoms. The van der Waals surface area contributed by atoms with E-state index in [0.29, 0.717) is 26.1 Å². The van der Waals surface area contributed by atoms with Gasteiger partial charge in [0.25, 0.3) is 0 Å². The summed E-state index contributed by atoms with van der Waals surface area (Å²) < 4.78 is 9.53. The summed E-state index contributed by atoms with van der Waals surface area (Å²) in [6.07, 6.45) is 4.57. The van der Waals surface area contributed by atoms with Gasteiger partial charge in [0.2, 0.25) is 0 Å². The van der Waals surface area contributed by atoms with Crippen molar-refractivity contribution in [3.63, 3.8) is 0 Å². The standard InChI is InChI=1S/C11H18O4/c1-3-9-15-11(13)8-6-5-7-10(12)14-4-2/h5,7H,3-4,6,8-9H2,1-2H3/b7-5+. The SMILES string of the molecule is CCCOC(=O)CC/C=C/C(=O)OCC. The molecule has 0 aromatic heterocycles. The molecule has 0 aliphatic heterocycles. The third-order valence-electron chi connectivity index (χ3n) is 1.52. The van der Waals surface area contributed by atoms with Crippen molar-refractivity contribution in [2.75, 3.05) is 13.2 Å². The minimum atomic E-state index is -0.376. The van der Waals surface area contributed by atoms with Gasteiger partial charge in [-0.1, -0.05) is 13.0 Å². The Balaban J connectivity index is 3.51. The monoisotopic (exact) mass is 214 g/mol. The summed E-state index contributed by atoms with van der Waals surface area (Å²) in [5.74, 6) is -0.607. The lowest BCUT2D eigenvalue weighted by atomic mass is 10.3. The Bertz CT molecular complexity index is 221. The minimum Gasteiger partial charge on any atom is -0.466 e. The maximum absolute atomic E-state index is 11.0. The second-order valence-corrected chi connectivity index (χ2v) is 2.91. The van der Waals surface area contributed by atoms with Crippen LogP contribution in [-0.4, -0.2) is 25.2 Å². The number of allylic oxidation sites excluding steroid dienone is 1. The molecule has 4 heteroatoms. The number of carbonyl (C=O) groups is 2. The van der Waals surface area contributed by atoms with Gasteiger partial charge < -0.3 is 9.47 Å². The second kappa shape index (κ2) is 9.24. The summed E-state index contributed by atoms with van der Waals surface area (Å²) in [4.78, 5) is 21.8. The first-order chi connectivity index (χ1) is 7.20. The van der Waals surface area contributed by atoms with Gasteiger partial charge in [-0.25, -0.2) is 4.79 Å². The number of rotatable bonds is 7. The van der Waals surface area contributed by atoms with E-state index in [4.69, 9.17) is 4.74 Å². The Hall–Kier alpha value is -1.32. The van der Waals surface area contributed by atoms with Gasteiger partial charge in [-0.2, -0.15) is 0 Å². The second-order valence-electron chi connectivity index (χ2n) is 2.91. The van der Waals surface area contributed by atoms with Crippen molar-refractivity contribution >= 4 is 11.9 Å². The molecular formula is C11H18O4. The zero-order chi connectivity index (χ0) is 11.5. The molecule has 0 atom stereocenters. The molecule has 0 aromatic rings. The Morgan fingerprint density at radius 2 is 1.93 bits per heavy atom. The van der Waals surface area contributed by atoms with Crippen LogP contribution in [0.15, 0.2) is 12.2 Å². The molecule has 86 valence electrons. The van der Waals surface area contributed by atoms with Gasteiger partial charge in [-0.15, -0.1) is 0 Å². The molecule has 0 radical (unpaired) electrons. The fraction of sp³-hybridized carbons (Fsp3) is 0.636. The number of hydrogen-bond acceptors (Lipinski definition) is 4. The molecule has 0 fully saturated rings. The van der Waals surface area contributed by atoms with Crippen molar-refractivity contribution < 1.29 is 19.1 Å². The topological polar surface area (TPSA) is 52.6 Å². The quantitative estimate of drug-likeness (QED) is 0.479. The minimum absolute atomic E-state index is 0.231. The first-order valence-corrected chi connectivity index (χ1v) is 5.19. The van der Waals surface area contributed by atoms with E-state index >= 15 is 0 Å². The van der Waals surface area contributed by atoms with Crippen molar-refractivity contribution in [2.45, 2.75) is 33.1 Å². The van der Waals surface area contributed by atoms with Crippen LogP contribution in [0.25, 0.3) is 0 Å². The molecule has 0 rings (SSSR count). The number of ether oxygens (including phenoxy) is 2. The highest BCUT2D eigenvalue weighted by molar-refractivity contribution is 5.81. The number of esters is 2. The van der Waals surface area contributed by atoms with E-state index in [9.17, 15) is 9.59 Å². The molecule has 0 unspecified atom stereocenters. The van der Waals surface area contributed by atoms with Gasteiger partial charge in [-0.3, -0.25) is 4.79 Å². The van der Waals surface area contributed by atoms with Gasteiger partial charge in [-0.05, 0) is 19.8 Å². The van der Waals surface area contributed by atoms with E-state index in [-0.39, 0.29) is 11.9 Å². The van der Waals surface area contributed by atoms with E-state index < -0.39 is 0 Å². The van der Waals surface area contributed by atoms with Crippen LogP contribution in [0.3, 0.4) is 0 Å².